The van der Waals surface area contributed by atoms with Gasteiger partial charge in [0.1, 0.15) is 4.21 Å². The summed E-state index contributed by atoms with van der Waals surface area (Å²) < 4.78 is 27.7. The molecule has 0 unspecified atom stereocenters. The molecule has 18 heavy (non-hydrogen) atoms. The molecule has 2 heterocycles. The third-order valence-electron chi connectivity index (χ3n) is 2.47. The zero-order valence-electron chi connectivity index (χ0n) is 9.86. The Morgan fingerprint density at radius 1 is 1.28 bits per heavy atom. The van der Waals surface area contributed by atoms with Gasteiger partial charge in [-0.25, -0.2) is 13.1 Å². The number of aryl methyl sites for hydroxylation is 2. The molecule has 0 amide bonds. The monoisotopic (exact) mass is 365 g/mol. The van der Waals surface area contributed by atoms with E-state index in [0.717, 1.165) is 8.66 Å². The summed E-state index contributed by atoms with van der Waals surface area (Å²) in [5.74, 6) is 0. The van der Waals surface area contributed by atoms with E-state index in [4.69, 9.17) is 0 Å². The van der Waals surface area contributed by atoms with E-state index in [-0.39, 0.29) is 0 Å². The fraction of sp³-hybridized carbons (Fsp3) is 0.273. The second-order valence-corrected chi connectivity index (χ2v) is 9.63. The minimum atomic E-state index is -3.40. The molecule has 2 aromatic heterocycles. The Bertz CT molecular complexity index is 638. The summed E-state index contributed by atoms with van der Waals surface area (Å²) in [6, 6.07) is 5.35. The first-order valence-electron chi connectivity index (χ1n) is 5.19. The van der Waals surface area contributed by atoms with Crippen LogP contribution >= 0.6 is 38.6 Å². The van der Waals surface area contributed by atoms with E-state index in [0.29, 0.717) is 10.8 Å². The van der Waals surface area contributed by atoms with Crippen LogP contribution in [0.2, 0.25) is 0 Å². The standard InChI is InChI=1S/C11H12BrNO2S3/c1-7-5-9(16-8(7)2)6-13-18(14,15)11-4-3-10(12)17-11/h3-5,13H,6H2,1-2H3. The van der Waals surface area contributed by atoms with Crippen LogP contribution in [-0.2, 0) is 16.6 Å². The molecule has 1 N–H and O–H groups in total. The van der Waals surface area contributed by atoms with Crippen LogP contribution in [0, 0.1) is 13.8 Å². The first-order chi connectivity index (χ1) is 8.38. The Labute approximate surface area is 123 Å². The fourth-order valence-electron chi connectivity index (χ4n) is 1.42. The van der Waals surface area contributed by atoms with Crippen molar-refractivity contribution in [1.29, 1.82) is 0 Å². The van der Waals surface area contributed by atoms with Gasteiger partial charge in [-0.1, -0.05) is 0 Å². The lowest BCUT2D eigenvalue weighted by atomic mass is 10.3. The summed E-state index contributed by atoms with van der Waals surface area (Å²) >= 11 is 6.09. The Balaban J connectivity index is 2.10. The molecule has 2 aromatic rings. The number of hydrogen-bond acceptors (Lipinski definition) is 4. The lowest BCUT2D eigenvalue weighted by Gasteiger charge is -2.02. The van der Waals surface area contributed by atoms with Crippen LogP contribution in [0.4, 0.5) is 0 Å². The van der Waals surface area contributed by atoms with Gasteiger partial charge in [0, 0.05) is 16.3 Å². The van der Waals surface area contributed by atoms with Crippen LogP contribution < -0.4 is 4.72 Å². The molecule has 0 spiro atoms. The molecule has 7 heteroatoms. The quantitative estimate of drug-likeness (QED) is 0.898. The smallest absolute Gasteiger partial charge is 0.206 e. The van der Waals surface area contributed by atoms with Crippen molar-refractivity contribution >= 4 is 48.6 Å². The van der Waals surface area contributed by atoms with Gasteiger partial charge in [-0.2, -0.15) is 0 Å². The Morgan fingerprint density at radius 3 is 2.50 bits per heavy atom. The van der Waals surface area contributed by atoms with Gasteiger partial charge in [0.25, 0.3) is 0 Å². The molecule has 0 radical (unpaired) electrons. The van der Waals surface area contributed by atoms with Crippen molar-refractivity contribution in [1.82, 2.24) is 4.72 Å². The van der Waals surface area contributed by atoms with E-state index in [1.807, 2.05) is 19.9 Å². The van der Waals surface area contributed by atoms with Crippen molar-refractivity contribution in [3.8, 4) is 0 Å². The Hall–Kier alpha value is -0.210. The lowest BCUT2D eigenvalue weighted by Crippen LogP contribution is -2.21. The van der Waals surface area contributed by atoms with E-state index >= 15 is 0 Å². The molecule has 0 aliphatic heterocycles. The average molecular weight is 366 g/mol. The number of sulfonamides is 1. The number of nitrogens with one attached hydrogen (secondary N) is 1. The number of rotatable bonds is 4. The van der Waals surface area contributed by atoms with E-state index in [9.17, 15) is 8.42 Å². The number of thiophene rings is 2. The fourth-order valence-corrected chi connectivity index (χ4v) is 5.56. The largest absolute Gasteiger partial charge is 0.250 e. The van der Waals surface area contributed by atoms with Crippen LogP contribution in [0.25, 0.3) is 0 Å². The summed E-state index contributed by atoms with van der Waals surface area (Å²) in [6.45, 7) is 4.41. The van der Waals surface area contributed by atoms with Gasteiger partial charge < -0.3 is 0 Å². The molecule has 0 aromatic carbocycles. The molecule has 0 bridgehead atoms. The third kappa shape index (κ3) is 3.21. The topological polar surface area (TPSA) is 46.2 Å². The van der Waals surface area contributed by atoms with Crippen LogP contribution in [0.15, 0.2) is 26.2 Å². The number of hydrogen-bond donors (Lipinski definition) is 1. The summed E-state index contributed by atoms with van der Waals surface area (Å²) in [4.78, 5) is 2.26. The normalized spacial score (nSPS) is 11.9. The van der Waals surface area contributed by atoms with Crippen LogP contribution in [0.5, 0.6) is 0 Å². The maximum atomic E-state index is 12.0. The highest BCUT2D eigenvalue weighted by Crippen LogP contribution is 2.26. The third-order valence-corrected chi connectivity index (χ3v) is 7.14. The van der Waals surface area contributed by atoms with Gasteiger partial charge in [-0.3, -0.25) is 0 Å². The summed E-state index contributed by atoms with van der Waals surface area (Å²) in [5.41, 5.74) is 1.20. The van der Waals surface area contributed by atoms with Crippen molar-refractivity contribution < 1.29 is 8.42 Å². The van der Waals surface area contributed by atoms with Gasteiger partial charge >= 0.3 is 0 Å². The Kier molecular flexibility index (Phi) is 4.28. The van der Waals surface area contributed by atoms with Gasteiger partial charge in [-0.05, 0) is 53.5 Å². The average Bonchev–Trinajstić information content (AvgIpc) is 2.85. The van der Waals surface area contributed by atoms with E-state index in [1.165, 1.54) is 21.8 Å². The second kappa shape index (κ2) is 5.42. The molecule has 0 saturated carbocycles. The lowest BCUT2D eigenvalue weighted by molar-refractivity contribution is 0.584. The van der Waals surface area contributed by atoms with E-state index in [2.05, 4.69) is 20.7 Å². The molecule has 3 nitrogen and oxygen atoms in total. The summed E-state index contributed by atoms with van der Waals surface area (Å²) in [7, 11) is -3.40. The highest BCUT2D eigenvalue weighted by atomic mass is 79.9. The highest BCUT2D eigenvalue weighted by molar-refractivity contribution is 9.11. The SMILES string of the molecule is Cc1cc(CNS(=O)(=O)c2ccc(Br)s2)sc1C. The van der Waals surface area contributed by atoms with Crippen LogP contribution in [0.1, 0.15) is 15.3 Å². The minimum absolute atomic E-state index is 0.333. The molecule has 0 fully saturated rings. The van der Waals surface area contributed by atoms with Gasteiger partial charge in [-0.15, -0.1) is 22.7 Å². The predicted molar refractivity (Wildman–Crippen MR) is 79.8 cm³/mol. The van der Waals surface area contributed by atoms with Crippen LogP contribution in [0.3, 0.4) is 0 Å². The van der Waals surface area contributed by atoms with E-state index < -0.39 is 10.0 Å². The number of halogens is 1. The summed E-state index contributed by atoms with van der Waals surface area (Å²) in [6.07, 6.45) is 0. The maximum absolute atomic E-state index is 12.0. The highest BCUT2D eigenvalue weighted by Gasteiger charge is 2.16. The van der Waals surface area contributed by atoms with Gasteiger partial charge in [0.05, 0.1) is 3.79 Å². The van der Waals surface area contributed by atoms with Crippen molar-refractivity contribution in [2.24, 2.45) is 0 Å². The molecular formula is C11H12BrNO2S3. The Morgan fingerprint density at radius 2 is 2.00 bits per heavy atom. The zero-order valence-corrected chi connectivity index (χ0v) is 13.9. The van der Waals surface area contributed by atoms with Crippen molar-refractivity contribution in [2.45, 2.75) is 24.6 Å². The second-order valence-electron chi connectivity index (χ2n) is 3.84. The van der Waals surface area contributed by atoms with E-state index in [1.54, 1.807) is 23.5 Å². The maximum Gasteiger partial charge on any atom is 0.250 e. The van der Waals surface area contributed by atoms with Gasteiger partial charge in [0.15, 0.2) is 0 Å². The predicted octanol–water partition coefficient (Wildman–Crippen LogP) is 3.67. The van der Waals surface area contributed by atoms with Gasteiger partial charge in [0.2, 0.25) is 10.0 Å². The summed E-state index contributed by atoms with van der Waals surface area (Å²) in [5, 5.41) is 0. The minimum Gasteiger partial charge on any atom is -0.206 e. The molecular weight excluding hydrogens is 354 g/mol. The first kappa shape index (κ1) is 14.2. The van der Waals surface area contributed by atoms with Crippen molar-refractivity contribution in [3.63, 3.8) is 0 Å². The molecule has 0 atom stereocenters. The molecule has 2 rings (SSSR count). The molecule has 98 valence electrons. The first-order valence-corrected chi connectivity index (χ1v) is 9.10. The molecule has 0 saturated heterocycles. The van der Waals surface area contributed by atoms with Crippen molar-refractivity contribution in [2.75, 3.05) is 0 Å². The zero-order chi connectivity index (χ0) is 13.3. The van der Waals surface area contributed by atoms with Crippen LogP contribution in [-0.4, -0.2) is 8.42 Å². The molecule has 0 aliphatic carbocycles. The molecule has 0 aliphatic rings. The van der Waals surface area contributed by atoms with Crippen molar-refractivity contribution in [3.05, 3.63) is 37.3 Å².